The van der Waals surface area contributed by atoms with Gasteiger partial charge >= 0.3 is 6.18 Å². The first-order valence-corrected chi connectivity index (χ1v) is 6.49. The molecule has 0 radical (unpaired) electrons. The average Bonchev–Trinajstić information content (AvgIpc) is 2.64. The van der Waals surface area contributed by atoms with Gasteiger partial charge in [-0.1, -0.05) is 11.6 Å². The molecule has 2 rings (SSSR count). The summed E-state index contributed by atoms with van der Waals surface area (Å²) in [7, 11) is 0. The molecule has 1 aromatic rings. The van der Waals surface area contributed by atoms with E-state index in [1.807, 2.05) is 0 Å². The Hall–Kier alpha value is -0.980. The molecule has 0 unspecified atom stereocenters. The van der Waals surface area contributed by atoms with Crippen LogP contribution in [0.5, 0.6) is 5.75 Å². The average molecular weight is 311 g/mol. The van der Waals surface area contributed by atoms with Gasteiger partial charge in [-0.25, -0.2) is 0 Å². The maximum Gasteiger partial charge on any atom is 0.416 e. The molecular formula is C13H14ClF3O3. The third-order valence-corrected chi connectivity index (χ3v) is 3.11. The lowest BCUT2D eigenvalue weighted by Crippen LogP contribution is -2.20. The molecule has 0 atom stereocenters. The summed E-state index contributed by atoms with van der Waals surface area (Å²) in [5, 5.41) is -0.0599. The predicted molar refractivity (Wildman–Crippen MR) is 67.1 cm³/mol. The molecule has 20 heavy (non-hydrogen) atoms. The Morgan fingerprint density at radius 1 is 1.20 bits per heavy atom. The van der Waals surface area contributed by atoms with Crippen molar-refractivity contribution in [3.05, 3.63) is 28.8 Å². The largest absolute Gasteiger partial charge is 0.492 e. The van der Waals surface area contributed by atoms with E-state index in [-0.39, 0.29) is 23.3 Å². The Kier molecular flexibility index (Phi) is 5.12. The van der Waals surface area contributed by atoms with Crippen molar-refractivity contribution in [1.82, 2.24) is 0 Å². The van der Waals surface area contributed by atoms with Gasteiger partial charge in [0.2, 0.25) is 0 Å². The zero-order chi connectivity index (χ0) is 14.6. The summed E-state index contributed by atoms with van der Waals surface area (Å²) in [6.07, 6.45) is -4.41. The minimum atomic E-state index is -4.41. The van der Waals surface area contributed by atoms with Crippen molar-refractivity contribution in [2.24, 2.45) is 5.92 Å². The Balaban J connectivity index is 1.96. The Bertz CT molecular complexity index is 443. The van der Waals surface area contributed by atoms with E-state index in [0.29, 0.717) is 26.4 Å². The van der Waals surface area contributed by atoms with Gasteiger partial charge in [0, 0.05) is 5.92 Å². The van der Waals surface area contributed by atoms with E-state index in [2.05, 4.69) is 0 Å². The van der Waals surface area contributed by atoms with E-state index >= 15 is 0 Å². The van der Waals surface area contributed by atoms with Crippen LogP contribution >= 0.6 is 11.6 Å². The standard InChI is InChI=1S/C13H14ClF3O3/c14-11-5-10(13(15,16)17)1-2-12(11)20-8-9-6-18-3-4-19-7-9/h1-2,5,9H,3-4,6-8H2. The molecule has 1 aliphatic heterocycles. The number of hydrogen-bond donors (Lipinski definition) is 0. The molecule has 7 heteroatoms. The van der Waals surface area contributed by atoms with Crippen molar-refractivity contribution < 1.29 is 27.4 Å². The molecule has 0 bridgehead atoms. The first-order valence-electron chi connectivity index (χ1n) is 6.12. The fourth-order valence-electron chi connectivity index (χ4n) is 1.76. The summed E-state index contributed by atoms with van der Waals surface area (Å²) in [6, 6.07) is 3.03. The number of halogens is 4. The van der Waals surface area contributed by atoms with Gasteiger partial charge in [0.05, 0.1) is 43.6 Å². The highest BCUT2D eigenvalue weighted by molar-refractivity contribution is 6.32. The molecule has 1 heterocycles. The topological polar surface area (TPSA) is 27.7 Å². The fraction of sp³-hybridized carbons (Fsp3) is 0.538. The third-order valence-electron chi connectivity index (χ3n) is 2.81. The molecular weight excluding hydrogens is 297 g/mol. The van der Waals surface area contributed by atoms with Crippen LogP contribution in [0.15, 0.2) is 18.2 Å². The number of rotatable bonds is 3. The lowest BCUT2D eigenvalue weighted by molar-refractivity contribution is -0.137. The third kappa shape index (κ3) is 4.26. The maximum absolute atomic E-state index is 12.5. The lowest BCUT2D eigenvalue weighted by atomic mass is 10.2. The minimum absolute atomic E-state index is 0.0378. The van der Waals surface area contributed by atoms with Crippen molar-refractivity contribution in [3.8, 4) is 5.75 Å². The lowest BCUT2D eigenvalue weighted by Gasteiger charge is -2.16. The van der Waals surface area contributed by atoms with Crippen LogP contribution < -0.4 is 4.74 Å². The van der Waals surface area contributed by atoms with Crippen molar-refractivity contribution >= 4 is 11.6 Å². The van der Waals surface area contributed by atoms with Gasteiger partial charge in [-0.05, 0) is 18.2 Å². The number of alkyl halides is 3. The van der Waals surface area contributed by atoms with E-state index in [0.717, 1.165) is 12.1 Å². The SMILES string of the molecule is FC(F)(F)c1ccc(OCC2COCCOC2)c(Cl)c1. The van der Waals surface area contributed by atoms with Gasteiger partial charge in [0.1, 0.15) is 5.75 Å². The highest BCUT2D eigenvalue weighted by Crippen LogP contribution is 2.34. The molecule has 0 aromatic heterocycles. The summed E-state index contributed by atoms with van der Waals surface area (Å²) < 4.78 is 53.5. The number of ether oxygens (including phenoxy) is 3. The van der Waals surface area contributed by atoms with E-state index < -0.39 is 11.7 Å². The predicted octanol–water partition coefficient (Wildman–Crippen LogP) is 3.40. The van der Waals surface area contributed by atoms with Gasteiger partial charge in [-0.15, -0.1) is 0 Å². The molecule has 0 amide bonds. The molecule has 1 aromatic carbocycles. The molecule has 0 saturated carbocycles. The molecule has 1 saturated heterocycles. The zero-order valence-corrected chi connectivity index (χ0v) is 11.3. The smallest absolute Gasteiger partial charge is 0.416 e. The molecule has 112 valence electrons. The van der Waals surface area contributed by atoms with Crippen molar-refractivity contribution in [2.45, 2.75) is 6.18 Å². The van der Waals surface area contributed by atoms with Crippen LogP contribution in [0.3, 0.4) is 0 Å². The highest BCUT2D eigenvalue weighted by atomic mass is 35.5. The van der Waals surface area contributed by atoms with Crippen LogP contribution in [0, 0.1) is 5.92 Å². The van der Waals surface area contributed by atoms with Crippen molar-refractivity contribution in [1.29, 1.82) is 0 Å². The van der Waals surface area contributed by atoms with Gasteiger partial charge in [-0.2, -0.15) is 13.2 Å². The zero-order valence-electron chi connectivity index (χ0n) is 10.6. The van der Waals surface area contributed by atoms with E-state index in [1.54, 1.807) is 0 Å². The minimum Gasteiger partial charge on any atom is -0.492 e. The highest BCUT2D eigenvalue weighted by Gasteiger charge is 2.31. The molecule has 3 nitrogen and oxygen atoms in total. The fourth-order valence-corrected chi connectivity index (χ4v) is 2.00. The summed E-state index contributed by atoms with van der Waals surface area (Å²) in [4.78, 5) is 0. The summed E-state index contributed by atoms with van der Waals surface area (Å²) in [5.41, 5.74) is -0.795. The van der Waals surface area contributed by atoms with Gasteiger partial charge in [0.15, 0.2) is 0 Å². The second-order valence-corrected chi connectivity index (χ2v) is 4.88. The summed E-state index contributed by atoms with van der Waals surface area (Å²) >= 11 is 5.80. The first-order chi connectivity index (χ1) is 9.47. The molecule has 1 aliphatic rings. The monoisotopic (exact) mass is 310 g/mol. The van der Waals surface area contributed by atoms with Crippen molar-refractivity contribution in [2.75, 3.05) is 33.0 Å². The van der Waals surface area contributed by atoms with E-state index in [4.69, 9.17) is 25.8 Å². The number of benzene rings is 1. The second-order valence-electron chi connectivity index (χ2n) is 4.47. The van der Waals surface area contributed by atoms with E-state index in [9.17, 15) is 13.2 Å². The van der Waals surface area contributed by atoms with Crippen LogP contribution in [-0.2, 0) is 15.7 Å². The maximum atomic E-state index is 12.5. The van der Waals surface area contributed by atoms with Gasteiger partial charge in [-0.3, -0.25) is 0 Å². The van der Waals surface area contributed by atoms with Crippen molar-refractivity contribution in [3.63, 3.8) is 0 Å². The molecule has 0 aliphatic carbocycles. The molecule has 1 fully saturated rings. The summed E-state index contributed by atoms with van der Waals surface area (Å²) in [6.45, 7) is 2.36. The Morgan fingerprint density at radius 3 is 2.40 bits per heavy atom. The van der Waals surface area contributed by atoms with Crippen LogP contribution in [0.1, 0.15) is 5.56 Å². The summed E-state index contributed by atoms with van der Waals surface area (Å²) in [5.74, 6) is 0.264. The van der Waals surface area contributed by atoms with Crippen LogP contribution in [0.2, 0.25) is 5.02 Å². The normalized spacial score (nSPS) is 17.8. The first kappa shape index (κ1) is 15.4. The Morgan fingerprint density at radius 2 is 1.85 bits per heavy atom. The quantitative estimate of drug-likeness (QED) is 0.856. The number of hydrogen-bond acceptors (Lipinski definition) is 3. The van der Waals surface area contributed by atoms with Gasteiger partial charge in [0.25, 0.3) is 0 Å². The van der Waals surface area contributed by atoms with Crippen LogP contribution in [0.25, 0.3) is 0 Å². The Labute approximate surface area is 119 Å². The molecule has 0 spiro atoms. The van der Waals surface area contributed by atoms with Gasteiger partial charge < -0.3 is 14.2 Å². The molecule has 0 N–H and O–H groups in total. The second kappa shape index (κ2) is 6.65. The van der Waals surface area contributed by atoms with Crippen LogP contribution in [-0.4, -0.2) is 33.0 Å². The van der Waals surface area contributed by atoms with E-state index in [1.165, 1.54) is 6.07 Å². The van der Waals surface area contributed by atoms with Crippen LogP contribution in [0.4, 0.5) is 13.2 Å².